The summed E-state index contributed by atoms with van der Waals surface area (Å²) in [6.45, 7) is 6.33. The monoisotopic (exact) mass is 591 g/mol. The minimum absolute atomic E-state index is 0.0657. The second kappa shape index (κ2) is 14.0. The molecule has 2 aromatic carbocycles. The molecule has 1 aliphatic rings. The van der Waals surface area contributed by atoms with Crippen LogP contribution in [0.4, 0.5) is 26.4 Å². The Bertz CT molecular complexity index is 1520. The first-order chi connectivity index (χ1) is 20.9. The molecular weight excluding hydrogens is 556 g/mol. The fourth-order valence-electron chi connectivity index (χ4n) is 4.74. The molecule has 0 aliphatic carbocycles. The lowest BCUT2D eigenvalue weighted by atomic mass is 10.2. The number of methoxy groups -OCH3 is 1. The molecule has 2 aromatic heterocycles. The van der Waals surface area contributed by atoms with Gasteiger partial charge in [-0.1, -0.05) is 24.3 Å². The van der Waals surface area contributed by atoms with E-state index in [9.17, 15) is 13.9 Å². The molecule has 3 heterocycles. The van der Waals surface area contributed by atoms with Crippen molar-refractivity contribution in [1.82, 2.24) is 29.6 Å². The molecule has 0 saturated carbocycles. The third-order valence-corrected chi connectivity index (χ3v) is 7.11. The molecule has 1 saturated heterocycles. The number of halogens is 2. The smallest absolute Gasteiger partial charge is 0.257 e. The Hall–Kier alpha value is -4.62. The van der Waals surface area contributed by atoms with Crippen LogP contribution in [0, 0.1) is 18.6 Å². The molecule has 0 spiro atoms. The largest absolute Gasteiger partial charge is 0.497 e. The molecule has 5 rings (SSSR count). The molecule has 0 amide bonds. The van der Waals surface area contributed by atoms with Gasteiger partial charge >= 0.3 is 0 Å². The van der Waals surface area contributed by atoms with Crippen LogP contribution in [-0.4, -0.2) is 87.7 Å². The zero-order chi connectivity index (χ0) is 30.2. The fourth-order valence-corrected chi connectivity index (χ4v) is 4.74. The highest BCUT2D eigenvalue weighted by Gasteiger charge is 2.18. The predicted octanol–water partition coefficient (Wildman–Crippen LogP) is 3.50. The molecule has 11 nitrogen and oxygen atoms in total. The maximum atomic E-state index is 13.6. The molecule has 226 valence electrons. The van der Waals surface area contributed by atoms with Crippen molar-refractivity contribution >= 4 is 23.7 Å². The van der Waals surface area contributed by atoms with E-state index in [2.05, 4.69) is 41.7 Å². The van der Waals surface area contributed by atoms with Crippen LogP contribution in [0.3, 0.4) is 0 Å². The van der Waals surface area contributed by atoms with Gasteiger partial charge in [-0.15, -0.1) is 0 Å². The number of aliphatic hydroxyl groups excluding tert-OH is 1. The molecular formula is C30H35F2N9O2. The highest BCUT2D eigenvalue weighted by molar-refractivity contribution is 5.52. The third-order valence-electron chi connectivity index (χ3n) is 7.11. The van der Waals surface area contributed by atoms with Crippen LogP contribution in [0.5, 0.6) is 5.75 Å². The number of benzene rings is 2. The number of hydrogen-bond acceptors (Lipinski definition) is 10. The zero-order valence-electron chi connectivity index (χ0n) is 24.2. The third kappa shape index (κ3) is 7.81. The van der Waals surface area contributed by atoms with Crippen molar-refractivity contribution in [2.24, 2.45) is 0 Å². The molecule has 1 aliphatic heterocycles. The van der Waals surface area contributed by atoms with Crippen molar-refractivity contribution in [3.63, 3.8) is 0 Å². The summed E-state index contributed by atoms with van der Waals surface area (Å²) in [5, 5.41) is 20.0. The van der Waals surface area contributed by atoms with Crippen LogP contribution < -0.4 is 20.3 Å². The summed E-state index contributed by atoms with van der Waals surface area (Å²) in [6.07, 6.45) is 5.86. The number of aliphatic hydroxyl groups is 1. The van der Waals surface area contributed by atoms with Crippen molar-refractivity contribution in [2.45, 2.75) is 13.5 Å². The number of aromatic nitrogens is 5. The average Bonchev–Trinajstić information content (AvgIpc) is 3.38. The van der Waals surface area contributed by atoms with Crippen molar-refractivity contribution in [3.8, 4) is 11.7 Å². The quantitative estimate of drug-likeness (QED) is 0.226. The Morgan fingerprint density at radius 2 is 1.65 bits per heavy atom. The lowest BCUT2D eigenvalue weighted by molar-refractivity contribution is 0.284. The van der Waals surface area contributed by atoms with Gasteiger partial charge in [-0.3, -0.25) is 4.90 Å². The van der Waals surface area contributed by atoms with E-state index < -0.39 is 11.6 Å². The summed E-state index contributed by atoms with van der Waals surface area (Å²) in [7, 11) is 1.63. The second-order valence-corrected chi connectivity index (χ2v) is 10.0. The number of rotatable bonds is 12. The molecule has 0 unspecified atom stereocenters. The molecule has 0 bridgehead atoms. The molecule has 1 fully saturated rings. The van der Waals surface area contributed by atoms with Gasteiger partial charge in [0.2, 0.25) is 11.9 Å². The van der Waals surface area contributed by atoms with E-state index in [1.807, 2.05) is 42.2 Å². The van der Waals surface area contributed by atoms with Gasteiger partial charge in [-0.25, -0.2) is 13.5 Å². The van der Waals surface area contributed by atoms with Gasteiger partial charge in [0.05, 0.1) is 25.6 Å². The Morgan fingerprint density at radius 1 is 0.953 bits per heavy atom. The molecule has 0 atom stereocenters. The SMILES string of the molecule is COc1ccc(CNc2nc(NCCO)nc(-n3ncc(C=CCN4CCN(c5cc(F)cc(F)c5)CC4)c3C)n2)cc1. The standard InChI is InChI=1S/C30H35F2N9O2/c1-21-23(4-3-10-39-11-13-40(14-12-39)26-17-24(31)16-25(32)18-26)20-35-41(21)30-37-28(33-9-15-42)36-29(38-30)34-19-22-5-7-27(43-2)8-6-22/h3-8,16-18,20,42H,9-15,19H2,1-2H3,(H2,33,34,36,37,38). The highest BCUT2D eigenvalue weighted by atomic mass is 19.1. The Balaban J connectivity index is 1.22. The zero-order valence-corrected chi connectivity index (χ0v) is 24.2. The van der Waals surface area contributed by atoms with E-state index in [-0.39, 0.29) is 6.61 Å². The number of anilines is 3. The van der Waals surface area contributed by atoms with Crippen LogP contribution in [0.25, 0.3) is 12.0 Å². The van der Waals surface area contributed by atoms with E-state index >= 15 is 0 Å². The molecule has 3 N–H and O–H groups in total. The number of piperazine rings is 1. The van der Waals surface area contributed by atoms with Gasteiger partial charge in [-0.05, 0) is 36.8 Å². The summed E-state index contributed by atoms with van der Waals surface area (Å²) in [5.41, 5.74) is 3.38. The molecule has 43 heavy (non-hydrogen) atoms. The maximum Gasteiger partial charge on any atom is 0.257 e. The first kappa shape index (κ1) is 29.9. The van der Waals surface area contributed by atoms with Gasteiger partial charge in [0.15, 0.2) is 0 Å². The van der Waals surface area contributed by atoms with Crippen molar-refractivity contribution in [1.29, 1.82) is 0 Å². The van der Waals surface area contributed by atoms with Crippen LogP contribution in [0.15, 0.2) is 54.7 Å². The topological polar surface area (TPSA) is 116 Å². The summed E-state index contributed by atoms with van der Waals surface area (Å²) in [4.78, 5) is 17.8. The molecule has 0 radical (unpaired) electrons. The first-order valence-electron chi connectivity index (χ1n) is 14.0. The Morgan fingerprint density at radius 3 is 2.33 bits per heavy atom. The average molecular weight is 592 g/mol. The summed E-state index contributed by atoms with van der Waals surface area (Å²) < 4.78 is 34.1. The van der Waals surface area contributed by atoms with Gasteiger partial charge in [0.25, 0.3) is 5.95 Å². The summed E-state index contributed by atoms with van der Waals surface area (Å²) in [6, 6.07) is 11.3. The van der Waals surface area contributed by atoms with E-state index in [4.69, 9.17) is 4.74 Å². The van der Waals surface area contributed by atoms with Crippen LogP contribution in [0.1, 0.15) is 16.8 Å². The van der Waals surface area contributed by atoms with E-state index in [1.165, 1.54) is 12.1 Å². The van der Waals surface area contributed by atoms with Gasteiger partial charge in [0.1, 0.15) is 17.4 Å². The van der Waals surface area contributed by atoms with Crippen LogP contribution in [0.2, 0.25) is 0 Å². The predicted molar refractivity (Wildman–Crippen MR) is 162 cm³/mol. The van der Waals surface area contributed by atoms with E-state index in [1.54, 1.807) is 18.0 Å². The maximum absolute atomic E-state index is 13.6. The fraction of sp³-hybridized carbons (Fsp3) is 0.333. The van der Waals surface area contributed by atoms with Crippen molar-refractivity contribution in [3.05, 3.63) is 83.2 Å². The number of nitrogens with one attached hydrogen (secondary N) is 2. The molecule has 4 aromatic rings. The highest BCUT2D eigenvalue weighted by Crippen LogP contribution is 2.20. The minimum Gasteiger partial charge on any atom is -0.497 e. The van der Waals surface area contributed by atoms with Gasteiger partial charge in [-0.2, -0.15) is 20.1 Å². The first-order valence-corrected chi connectivity index (χ1v) is 14.0. The lowest BCUT2D eigenvalue weighted by Gasteiger charge is -2.35. The van der Waals surface area contributed by atoms with Crippen molar-refractivity contribution in [2.75, 3.05) is 68.5 Å². The van der Waals surface area contributed by atoms with E-state index in [0.717, 1.165) is 48.3 Å². The summed E-state index contributed by atoms with van der Waals surface area (Å²) in [5.74, 6) is 0.688. The minimum atomic E-state index is -0.563. The normalized spacial score (nSPS) is 13.9. The lowest BCUT2D eigenvalue weighted by Crippen LogP contribution is -2.46. The van der Waals surface area contributed by atoms with Gasteiger partial charge in [0, 0.05) is 63.1 Å². The number of hydrogen-bond donors (Lipinski definition) is 3. The summed E-state index contributed by atoms with van der Waals surface area (Å²) >= 11 is 0. The number of nitrogens with zero attached hydrogens (tertiary/aromatic N) is 7. The van der Waals surface area contributed by atoms with Crippen molar-refractivity contribution < 1.29 is 18.6 Å². The van der Waals surface area contributed by atoms with Gasteiger partial charge < -0.3 is 25.4 Å². The second-order valence-electron chi connectivity index (χ2n) is 10.0. The molecule has 13 heteroatoms. The number of ether oxygens (including phenoxy) is 1. The van der Waals surface area contributed by atoms with Crippen LogP contribution >= 0.6 is 0 Å². The Kier molecular flexibility index (Phi) is 9.74. The Labute approximate surface area is 248 Å². The van der Waals surface area contributed by atoms with E-state index in [0.29, 0.717) is 49.7 Å². The van der Waals surface area contributed by atoms with Crippen LogP contribution in [-0.2, 0) is 6.54 Å².